The highest BCUT2D eigenvalue weighted by atomic mass is 16.5. The molecule has 3 rings (SSSR count). The van der Waals surface area contributed by atoms with Crippen molar-refractivity contribution in [3.8, 4) is 5.75 Å². The molecule has 0 aliphatic carbocycles. The van der Waals surface area contributed by atoms with Gasteiger partial charge in [0.2, 0.25) is 17.7 Å². The van der Waals surface area contributed by atoms with Crippen LogP contribution in [0.3, 0.4) is 0 Å². The van der Waals surface area contributed by atoms with Gasteiger partial charge < -0.3 is 20.7 Å². The number of carbonyl (C=O) groups is 3. The molecule has 0 unspecified atom stereocenters. The summed E-state index contributed by atoms with van der Waals surface area (Å²) < 4.78 is 5.30. The number of methoxy groups -OCH3 is 1. The summed E-state index contributed by atoms with van der Waals surface area (Å²) in [5.74, 6) is -0.787. The number of para-hydroxylation sites is 2. The van der Waals surface area contributed by atoms with E-state index < -0.39 is 11.8 Å². The van der Waals surface area contributed by atoms with Gasteiger partial charge in [-0.3, -0.25) is 14.4 Å². The Kier molecular flexibility index (Phi) is 4.88. The minimum atomic E-state index is -0.531. The van der Waals surface area contributed by atoms with Gasteiger partial charge in [0.15, 0.2) is 0 Å². The number of benzene rings is 2. The second-order valence-corrected chi connectivity index (χ2v) is 6.01. The molecule has 0 saturated carbocycles. The number of nitrogens with one attached hydrogen (secondary N) is 1. The fraction of sp³-hybridized carbons (Fsp3) is 0.211. The first kappa shape index (κ1) is 17.5. The summed E-state index contributed by atoms with van der Waals surface area (Å²) in [6.45, 7) is 0.282. The lowest BCUT2D eigenvalue weighted by molar-refractivity contribution is -0.122. The Morgan fingerprint density at radius 1 is 1.15 bits per heavy atom. The Labute approximate surface area is 150 Å². The minimum Gasteiger partial charge on any atom is -0.495 e. The molecule has 0 bridgehead atoms. The lowest BCUT2D eigenvalue weighted by atomic mass is 10.1. The molecular weight excluding hydrogens is 334 g/mol. The van der Waals surface area contributed by atoms with Crippen molar-refractivity contribution in [1.29, 1.82) is 0 Å². The zero-order valence-corrected chi connectivity index (χ0v) is 14.3. The van der Waals surface area contributed by atoms with Crippen molar-refractivity contribution in [2.75, 3.05) is 23.9 Å². The van der Waals surface area contributed by atoms with E-state index in [1.54, 1.807) is 48.4 Å². The van der Waals surface area contributed by atoms with Crippen LogP contribution in [0, 0.1) is 5.92 Å². The van der Waals surface area contributed by atoms with Gasteiger partial charge >= 0.3 is 0 Å². The van der Waals surface area contributed by atoms with Crippen molar-refractivity contribution < 1.29 is 19.1 Å². The smallest absolute Gasteiger partial charge is 0.248 e. The van der Waals surface area contributed by atoms with Crippen LogP contribution in [0.25, 0.3) is 0 Å². The summed E-state index contributed by atoms with van der Waals surface area (Å²) in [5.41, 5.74) is 6.76. The predicted octanol–water partition coefficient (Wildman–Crippen LogP) is 1.79. The van der Waals surface area contributed by atoms with Crippen molar-refractivity contribution in [3.63, 3.8) is 0 Å². The first-order chi connectivity index (χ1) is 12.5. The average molecular weight is 353 g/mol. The average Bonchev–Trinajstić information content (AvgIpc) is 3.04. The maximum absolute atomic E-state index is 12.5. The van der Waals surface area contributed by atoms with E-state index in [2.05, 4.69) is 5.32 Å². The lowest BCUT2D eigenvalue weighted by Gasteiger charge is -2.19. The van der Waals surface area contributed by atoms with E-state index in [1.807, 2.05) is 12.1 Å². The number of hydrogen-bond donors (Lipinski definition) is 2. The zero-order valence-electron chi connectivity index (χ0n) is 14.3. The van der Waals surface area contributed by atoms with E-state index in [0.717, 1.165) is 0 Å². The molecule has 2 aromatic carbocycles. The highest BCUT2D eigenvalue weighted by Crippen LogP contribution is 2.33. The SMILES string of the molecule is COc1ccccc1N1C[C@H](C(=O)Nc2ccc(C(N)=O)cc2)CC1=O. The quantitative estimate of drug-likeness (QED) is 0.855. The fourth-order valence-corrected chi connectivity index (χ4v) is 2.93. The molecule has 3 amide bonds. The van der Waals surface area contributed by atoms with Crippen LogP contribution < -0.4 is 20.7 Å². The fourth-order valence-electron chi connectivity index (χ4n) is 2.93. The molecule has 26 heavy (non-hydrogen) atoms. The summed E-state index contributed by atoms with van der Waals surface area (Å²) in [5, 5.41) is 2.77. The maximum Gasteiger partial charge on any atom is 0.248 e. The molecule has 1 aliphatic heterocycles. The summed E-state index contributed by atoms with van der Waals surface area (Å²) in [7, 11) is 1.54. The Balaban J connectivity index is 1.70. The molecule has 1 atom stereocenters. The van der Waals surface area contributed by atoms with Crippen molar-refractivity contribution in [1.82, 2.24) is 0 Å². The van der Waals surface area contributed by atoms with Gasteiger partial charge in [-0.05, 0) is 36.4 Å². The number of anilines is 2. The number of ether oxygens (including phenoxy) is 1. The van der Waals surface area contributed by atoms with E-state index >= 15 is 0 Å². The van der Waals surface area contributed by atoms with Gasteiger partial charge in [-0.1, -0.05) is 12.1 Å². The molecule has 134 valence electrons. The third-order valence-corrected chi connectivity index (χ3v) is 4.31. The summed E-state index contributed by atoms with van der Waals surface area (Å²) in [6, 6.07) is 13.5. The minimum absolute atomic E-state index is 0.126. The molecule has 7 nitrogen and oxygen atoms in total. The molecule has 7 heteroatoms. The van der Waals surface area contributed by atoms with Crippen LogP contribution in [0.15, 0.2) is 48.5 Å². The molecule has 0 radical (unpaired) electrons. The highest BCUT2D eigenvalue weighted by Gasteiger charge is 2.36. The van der Waals surface area contributed by atoms with Crippen molar-refractivity contribution in [2.45, 2.75) is 6.42 Å². The van der Waals surface area contributed by atoms with Gasteiger partial charge in [0.1, 0.15) is 5.75 Å². The first-order valence-corrected chi connectivity index (χ1v) is 8.13. The Bertz CT molecular complexity index is 848. The third-order valence-electron chi connectivity index (χ3n) is 4.31. The topological polar surface area (TPSA) is 102 Å². The Morgan fingerprint density at radius 3 is 2.50 bits per heavy atom. The predicted molar refractivity (Wildman–Crippen MR) is 97.0 cm³/mol. The molecule has 0 aromatic heterocycles. The molecule has 0 spiro atoms. The van der Waals surface area contributed by atoms with E-state index in [4.69, 9.17) is 10.5 Å². The van der Waals surface area contributed by atoms with Gasteiger partial charge in [-0.25, -0.2) is 0 Å². The standard InChI is InChI=1S/C19H19N3O4/c1-26-16-5-3-2-4-15(16)22-11-13(10-17(22)23)19(25)21-14-8-6-12(7-9-14)18(20)24/h2-9,13H,10-11H2,1H3,(H2,20,24)(H,21,25)/t13-/m1/s1. The molecule has 1 heterocycles. The van der Waals surface area contributed by atoms with E-state index in [9.17, 15) is 14.4 Å². The Hall–Kier alpha value is -3.35. The van der Waals surface area contributed by atoms with Crippen LogP contribution in [0.1, 0.15) is 16.8 Å². The van der Waals surface area contributed by atoms with Gasteiger partial charge in [0.05, 0.1) is 18.7 Å². The number of carbonyl (C=O) groups excluding carboxylic acids is 3. The number of nitrogens with zero attached hydrogens (tertiary/aromatic N) is 1. The van der Waals surface area contributed by atoms with E-state index in [0.29, 0.717) is 22.7 Å². The monoisotopic (exact) mass is 353 g/mol. The van der Waals surface area contributed by atoms with E-state index in [1.165, 1.54) is 0 Å². The molecule has 3 N–H and O–H groups in total. The summed E-state index contributed by atoms with van der Waals surface area (Å²) in [6.07, 6.45) is 0.128. The summed E-state index contributed by atoms with van der Waals surface area (Å²) in [4.78, 5) is 37.5. The second kappa shape index (κ2) is 7.26. The number of nitrogens with two attached hydrogens (primary N) is 1. The third kappa shape index (κ3) is 3.51. The van der Waals surface area contributed by atoms with Gasteiger partial charge in [0.25, 0.3) is 0 Å². The lowest BCUT2D eigenvalue weighted by Crippen LogP contribution is -2.28. The van der Waals surface area contributed by atoms with Crippen LogP contribution in [0.4, 0.5) is 11.4 Å². The number of rotatable bonds is 5. The molecule has 1 fully saturated rings. The number of amides is 3. The number of primary amides is 1. The van der Waals surface area contributed by atoms with E-state index in [-0.39, 0.29) is 24.8 Å². The first-order valence-electron chi connectivity index (χ1n) is 8.13. The second-order valence-electron chi connectivity index (χ2n) is 6.01. The summed E-state index contributed by atoms with van der Waals surface area (Å²) >= 11 is 0. The van der Waals surface area contributed by atoms with Crippen molar-refractivity contribution >= 4 is 29.1 Å². The van der Waals surface area contributed by atoms with Crippen LogP contribution in [-0.2, 0) is 9.59 Å². The van der Waals surface area contributed by atoms with Crippen LogP contribution >= 0.6 is 0 Å². The Morgan fingerprint density at radius 2 is 1.85 bits per heavy atom. The van der Waals surface area contributed by atoms with Crippen LogP contribution in [-0.4, -0.2) is 31.4 Å². The zero-order chi connectivity index (χ0) is 18.7. The molecule has 1 aliphatic rings. The van der Waals surface area contributed by atoms with Crippen molar-refractivity contribution in [3.05, 3.63) is 54.1 Å². The largest absolute Gasteiger partial charge is 0.495 e. The molecule has 1 saturated heterocycles. The maximum atomic E-state index is 12.5. The van der Waals surface area contributed by atoms with Gasteiger partial charge in [-0.2, -0.15) is 0 Å². The highest BCUT2D eigenvalue weighted by molar-refractivity contribution is 6.04. The van der Waals surface area contributed by atoms with Crippen molar-refractivity contribution in [2.24, 2.45) is 11.7 Å². The molecule has 2 aromatic rings. The van der Waals surface area contributed by atoms with Gasteiger partial charge in [0, 0.05) is 24.2 Å². The molecular formula is C19H19N3O4. The normalized spacial score (nSPS) is 16.4. The van der Waals surface area contributed by atoms with Crippen LogP contribution in [0.2, 0.25) is 0 Å². The van der Waals surface area contributed by atoms with Crippen LogP contribution in [0.5, 0.6) is 5.75 Å². The number of hydrogen-bond acceptors (Lipinski definition) is 4. The van der Waals surface area contributed by atoms with Gasteiger partial charge in [-0.15, -0.1) is 0 Å².